The lowest BCUT2D eigenvalue weighted by molar-refractivity contribution is -0.156. The fourth-order valence-corrected chi connectivity index (χ4v) is 3.62. The first-order valence-electron chi connectivity index (χ1n) is 9.17. The van der Waals surface area contributed by atoms with Gasteiger partial charge in [0.1, 0.15) is 5.60 Å². The number of likely N-dealkylation sites (tertiary alicyclic amines) is 1. The van der Waals surface area contributed by atoms with Crippen LogP contribution in [0.2, 0.25) is 0 Å². The second-order valence-corrected chi connectivity index (χ2v) is 8.26. The zero-order valence-electron chi connectivity index (χ0n) is 15.7. The standard InChI is InChI=1S/C18H35N3O2/c1-15(2)20-10-12-21(13-11-20)16-6-8-19(9-7-16)14-17(22)23-18(3,4)5/h15-16H,6-14H2,1-5H3. The molecule has 0 aromatic heterocycles. The van der Waals surface area contributed by atoms with Crippen molar-refractivity contribution in [3.8, 4) is 0 Å². The topological polar surface area (TPSA) is 36.0 Å². The predicted molar refractivity (Wildman–Crippen MR) is 93.6 cm³/mol. The van der Waals surface area contributed by atoms with Crippen LogP contribution in [0.1, 0.15) is 47.5 Å². The van der Waals surface area contributed by atoms with Gasteiger partial charge in [-0.3, -0.25) is 19.5 Å². The zero-order chi connectivity index (χ0) is 17.0. The first-order valence-corrected chi connectivity index (χ1v) is 9.17. The van der Waals surface area contributed by atoms with Gasteiger partial charge in [-0.1, -0.05) is 0 Å². The van der Waals surface area contributed by atoms with E-state index >= 15 is 0 Å². The molecule has 2 aliphatic heterocycles. The number of rotatable bonds is 4. The molecule has 0 atom stereocenters. The predicted octanol–water partition coefficient (Wildman–Crippen LogP) is 1.82. The average Bonchev–Trinajstić information content (AvgIpc) is 2.46. The molecule has 0 radical (unpaired) electrons. The van der Waals surface area contributed by atoms with E-state index in [9.17, 15) is 4.79 Å². The van der Waals surface area contributed by atoms with Crippen molar-refractivity contribution in [3.05, 3.63) is 0 Å². The molecule has 0 saturated carbocycles. The van der Waals surface area contributed by atoms with Crippen molar-refractivity contribution < 1.29 is 9.53 Å². The number of piperidine rings is 1. The van der Waals surface area contributed by atoms with Crippen LogP contribution in [-0.2, 0) is 9.53 Å². The highest BCUT2D eigenvalue weighted by molar-refractivity contribution is 5.72. The third-order valence-electron chi connectivity index (χ3n) is 4.93. The maximum absolute atomic E-state index is 11.9. The van der Waals surface area contributed by atoms with Gasteiger partial charge in [-0.2, -0.15) is 0 Å². The van der Waals surface area contributed by atoms with Gasteiger partial charge < -0.3 is 4.74 Å². The van der Waals surface area contributed by atoms with Crippen LogP contribution in [0.15, 0.2) is 0 Å². The summed E-state index contributed by atoms with van der Waals surface area (Å²) in [5.41, 5.74) is -0.383. The number of hydrogen-bond acceptors (Lipinski definition) is 5. The molecule has 0 N–H and O–H groups in total. The minimum atomic E-state index is -0.383. The van der Waals surface area contributed by atoms with Gasteiger partial charge in [0.15, 0.2) is 0 Å². The second kappa shape index (κ2) is 7.95. The Hall–Kier alpha value is -0.650. The van der Waals surface area contributed by atoms with Crippen molar-refractivity contribution >= 4 is 5.97 Å². The second-order valence-electron chi connectivity index (χ2n) is 8.26. The third kappa shape index (κ3) is 6.05. The lowest BCUT2D eigenvalue weighted by atomic mass is 10.0. The van der Waals surface area contributed by atoms with Crippen LogP contribution < -0.4 is 0 Å². The Morgan fingerprint density at radius 2 is 1.61 bits per heavy atom. The van der Waals surface area contributed by atoms with Crippen molar-refractivity contribution in [2.45, 2.75) is 65.1 Å². The molecule has 5 nitrogen and oxygen atoms in total. The van der Waals surface area contributed by atoms with Gasteiger partial charge in [0, 0.05) is 51.4 Å². The smallest absolute Gasteiger partial charge is 0.320 e. The summed E-state index contributed by atoms with van der Waals surface area (Å²) in [6.07, 6.45) is 2.34. The van der Waals surface area contributed by atoms with E-state index in [2.05, 4.69) is 28.5 Å². The van der Waals surface area contributed by atoms with E-state index in [1.165, 1.54) is 39.0 Å². The van der Waals surface area contributed by atoms with Crippen molar-refractivity contribution in [2.24, 2.45) is 0 Å². The molecular formula is C18H35N3O2. The molecule has 2 heterocycles. The van der Waals surface area contributed by atoms with Crippen molar-refractivity contribution in [2.75, 3.05) is 45.8 Å². The molecule has 2 saturated heterocycles. The third-order valence-corrected chi connectivity index (χ3v) is 4.93. The molecule has 0 spiro atoms. The van der Waals surface area contributed by atoms with Gasteiger partial charge in [0.05, 0.1) is 6.54 Å². The summed E-state index contributed by atoms with van der Waals surface area (Å²) < 4.78 is 5.42. The number of piperazine rings is 1. The Balaban J connectivity index is 1.69. The summed E-state index contributed by atoms with van der Waals surface area (Å²) >= 11 is 0. The monoisotopic (exact) mass is 325 g/mol. The Bertz CT molecular complexity index is 376. The van der Waals surface area contributed by atoms with Crippen LogP contribution in [0.4, 0.5) is 0 Å². The fourth-order valence-electron chi connectivity index (χ4n) is 3.62. The van der Waals surface area contributed by atoms with Gasteiger partial charge in [-0.25, -0.2) is 0 Å². The number of nitrogens with zero attached hydrogens (tertiary/aromatic N) is 3. The fraction of sp³-hybridized carbons (Fsp3) is 0.944. The van der Waals surface area contributed by atoms with Crippen LogP contribution in [0.25, 0.3) is 0 Å². The van der Waals surface area contributed by atoms with E-state index in [1.807, 2.05) is 20.8 Å². The van der Waals surface area contributed by atoms with Gasteiger partial charge in [0.2, 0.25) is 0 Å². The first kappa shape index (κ1) is 18.7. The molecule has 5 heteroatoms. The summed E-state index contributed by atoms with van der Waals surface area (Å²) in [5, 5.41) is 0. The summed E-state index contributed by atoms with van der Waals surface area (Å²) in [5.74, 6) is -0.0958. The number of carbonyl (C=O) groups is 1. The summed E-state index contributed by atoms with van der Waals surface area (Å²) in [6, 6.07) is 1.35. The van der Waals surface area contributed by atoms with Gasteiger partial charge >= 0.3 is 5.97 Å². The van der Waals surface area contributed by atoms with E-state index in [1.54, 1.807) is 0 Å². The van der Waals surface area contributed by atoms with Crippen molar-refractivity contribution in [1.82, 2.24) is 14.7 Å². The summed E-state index contributed by atoms with van der Waals surface area (Å²) in [4.78, 5) is 19.4. The van der Waals surface area contributed by atoms with E-state index < -0.39 is 0 Å². The van der Waals surface area contributed by atoms with E-state index in [0.717, 1.165) is 13.1 Å². The normalized spacial score (nSPS) is 23.4. The molecule has 2 fully saturated rings. The van der Waals surface area contributed by atoms with Crippen LogP contribution in [-0.4, -0.2) is 84.2 Å². The molecule has 0 aromatic rings. The Morgan fingerprint density at radius 3 is 2.09 bits per heavy atom. The highest BCUT2D eigenvalue weighted by Gasteiger charge is 2.29. The zero-order valence-corrected chi connectivity index (χ0v) is 15.7. The Labute approximate surface area is 141 Å². The lowest BCUT2D eigenvalue weighted by Gasteiger charge is -2.43. The average molecular weight is 325 g/mol. The maximum Gasteiger partial charge on any atom is 0.320 e. The molecule has 134 valence electrons. The SMILES string of the molecule is CC(C)N1CCN(C2CCN(CC(=O)OC(C)(C)C)CC2)CC1. The summed E-state index contributed by atoms with van der Waals surface area (Å²) in [6.45, 7) is 17.6. The largest absolute Gasteiger partial charge is 0.459 e. The molecule has 2 rings (SSSR count). The molecule has 0 bridgehead atoms. The van der Waals surface area contributed by atoms with Crippen LogP contribution in [0.3, 0.4) is 0 Å². The van der Waals surface area contributed by atoms with Crippen LogP contribution >= 0.6 is 0 Å². The maximum atomic E-state index is 11.9. The molecular weight excluding hydrogens is 290 g/mol. The van der Waals surface area contributed by atoms with E-state index in [0.29, 0.717) is 18.6 Å². The lowest BCUT2D eigenvalue weighted by Crippen LogP contribution is -2.54. The molecule has 0 aliphatic carbocycles. The van der Waals surface area contributed by atoms with Gasteiger partial charge in [-0.15, -0.1) is 0 Å². The minimum absolute atomic E-state index is 0.0958. The minimum Gasteiger partial charge on any atom is -0.459 e. The Morgan fingerprint density at radius 1 is 1.04 bits per heavy atom. The van der Waals surface area contributed by atoms with Gasteiger partial charge in [0.25, 0.3) is 0 Å². The molecule has 0 unspecified atom stereocenters. The highest BCUT2D eigenvalue weighted by Crippen LogP contribution is 2.19. The number of esters is 1. The number of hydrogen-bond donors (Lipinski definition) is 0. The van der Waals surface area contributed by atoms with E-state index in [4.69, 9.17) is 4.74 Å². The van der Waals surface area contributed by atoms with Crippen molar-refractivity contribution in [1.29, 1.82) is 0 Å². The van der Waals surface area contributed by atoms with Crippen molar-refractivity contribution in [3.63, 3.8) is 0 Å². The molecule has 2 aliphatic rings. The quantitative estimate of drug-likeness (QED) is 0.737. The van der Waals surface area contributed by atoms with Crippen LogP contribution in [0.5, 0.6) is 0 Å². The number of carbonyl (C=O) groups excluding carboxylic acids is 1. The number of ether oxygens (including phenoxy) is 1. The summed E-state index contributed by atoms with van der Waals surface area (Å²) in [7, 11) is 0. The molecule has 0 aromatic carbocycles. The first-order chi connectivity index (χ1) is 10.7. The highest BCUT2D eigenvalue weighted by atomic mass is 16.6. The van der Waals surface area contributed by atoms with E-state index in [-0.39, 0.29) is 11.6 Å². The molecule has 0 amide bonds. The molecule has 23 heavy (non-hydrogen) atoms. The van der Waals surface area contributed by atoms with Crippen LogP contribution in [0, 0.1) is 0 Å². The van der Waals surface area contributed by atoms with Gasteiger partial charge in [-0.05, 0) is 47.5 Å². The Kier molecular flexibility index (Phi) is 6.46.